The van der Waals surface area contributed by atoms with E-state index in [4.69, 9.17) is 16.9 Å². The fraction of sp³-hybridized carbons (Fsp3) is 0.167. The number of aromatic nitrogens is 1. The summed E-state index contributed by atoms with van der Waals surface area (Å²) in [5.74, 6) is 0. The molecule has 0 bridgehead atoms. The molecule has 0 atom stereocenters. The number of nitrogens with one attached hydrogen (secondary N) is 1. The standard InChI is InChI=1S/C12H10ClN3S/c1-7-8(2)17-12(15-7)16-11-5-3-4-10(13)9(11)6-14/h3-5H,1-2H3,(H,15,16). The van der Waals surface area contributed by atoms with E-state index in [1.54, 1.807) is 23.5 Å². The van der Waals surface area contributed by atoms with Crippen LogP contribution in [-0.4, -0.2) is 4.98 Å². The van der Waals surface area contributed by atoms with E-state index >= 15 is 0 Å². The predicted octanol–water partition coefficient (Wildman–Crippen LogP) is 4.03. The van der Waals surface area contributed by atoms with Crippen molar-refractivity contribution in [3.8, 4) is 6.07 Å². The zero-order valence-corrected chi connectivity index (χ0v) is 11.0. The van der Waals surface area contributed by atoms with E-state index in [9.17, 15) is 0 Å². The molecule has 0 spiro atoms. The molecule has 0 amide bonds. The topological polar surface area (TPSA) is 48.7 Å². The molecule has 0 aliphatic heterocycles. The van der Waals surface area contributed by atoms with Crippen molar-refractivity contribution < 1.29 is 0 Å². The van der Waals surface area contributed by atoms with Crippen LogP contribution in [0.15, 0.2) is 18.2 Å². The number of anilines is 2. The number of halogens is 1. The van der Waals surface area contributed by atoms with E-state index in [1.807, 2.05) is 19.9 Å². The SMILES string of the molecule is Cc1nc(Nc2cccc(Cl)c2C#N)sc1C. The lowest BCUT2D eigenvalue weighted by Crippen LogP contribution is -1.93. The molecule has 86 valence electrons. The molecule has 0 fully saturated rings. The largest absolute Gasteiger partial charge is 0.330 e. The molecule has 1 N–H and O–H groups in total. The lowest BCUT2D eigenvalue weighted by Gasteiger charge is -2.05. The molecule has 0 saturated carbocycles. The second-order valence-corrected chi connectivity index (χ2v) is 5.17. The maximum Gasteiger partial charge on any atom is 0.187 e. The monoisotopic (exact) mass is 263 g/mol. The first-order valence-electron chi connectivity index (χ1n) is 5.01. The van der Waals surface area contributed by atoms with E-state index in [0.29, 0.717) is 16.3 Å². The molecule has 0 radical (unpaired) electrons. The molecule has 0 saturated heterocycles. The van der Waals surface area contributed by atoms with Gasteiger partial charge in [-0.05, 0) is 26.0 Å². The average Bonchev–Trinajstić information content (AvgIpc) is 2.58. The Morgan fingerprint density at radius 2 is 2.18 bits per heavy atom. The average molecular weight is 264 g/mol. The van der Waals surface area contributed by atoms with Crippen LogP contribution in [-0.2, 0) is 0 Å². The molecule has 2 aromatic rings. The molecule has 0 unspecified atom stereocenters. The second kappa shape index (κ2) is 4.74. The van der Waals surface area contributed by atoms with Gasteiger partial charge in [0.15, 0.2) is 5.13 Å². The van der Waals surface area contributed by atoms with E-state index in [0.717, 1.165) is 15.7 Å². The van der Waals surface area contributed by atoms with E-state index < -0.39 is 0 Å². The van der Waals surface area contributed by atoms with Gasteiger partial charge < -0.3 is 5.32 Å². The first-order valence-corrected chi connectivity index (χ1v) is 6.21. The molecule has 1 aromatic heterocycles. The summed E-state index contributed by atoms with van der Waals surface area (Å²) >= 11 is 7.51. The fourth-order valence-electron chi connectivity index (χ4n) is 1.38. The highest BCUT2D eigenvalue weighted by molar-refractivity contribution is 7.15. The Hall–Kier alpha value is -1.57. The van der Waals surface area contributed by atoms with Crippen LogP contribution in [0.3, 0.4) is 0 Å². The van der Waals surface area contributed by atoms with Gasteiger partial charge in [-0.25, -0.2) is 4.98 Å². The number of hydrogen-bond acceptors (Lipinski definition) is 4. The highest BCUT2D eigenvalue weighted by Gasteiger charge is 2.09. The third kappa shape index (κ3) is 2.41. The first kappa shape index (κ1) is 11.9. The summed E-state index contributed by atoms with van der Waals surface area (Å²) in [6, 6.07) is 7.41. The van der Waals surface area contributed by atoms with Gasteiger partial charge in [0, 0.05) is 4.88 Å². The van der Waals surface area contributed by atoms with E-state index in [1.165, 1.54) is 0 Å². The quantitative estimate of drug-likeness (QED) is 0.890. The Labute approximate surface area is 109 Å². The maximum atomic E-state index is 9.05. The van der Waals surface area contributed by atoms with Gasteiger partial charge in [0.2, 0.25) is 0 Å². The molecule has 3 nitrogen and oxygen atoms in total. The Bertz CT molecular complexity index is 579. The van der Waals surface area contributed by atoms with Crippen molar-refractivity contribution in [2.45, 2.75) is 13.8 Å². The van der Waals surface area contributed by atoms with Crippen LogP contribution in [0.25, 0.3) is 0 Å². The summed E-state index contributed by atoms with van der Waals surface area (Å²) in [5.41, 5.74) is 2.13. The Balaban J connectivity index is 2.37. The third-order valence-electron chi connectivity index (χ3n) is 2.40. The van der Waals surface area contributed by atoms with Gasteiger partial charge >= 0.3 is 0 Å². The number of thiazole rings is 1. The predicted molar refractivity (Wildman–Crippen MR) is 71.0 cm³/mol. The molecular formula is C12H10ClN3S. The van der Waals surface area contributed by atoms with Gasteiger partial charge in [-0.2, -0.15) is 5.26 Å². The van der Waals surface area contributed by atoms with Crippen LogP contribution in [0.4, 0.5) is 10.8 Å². The maximum absolute atomic E-state index is 9.05. The molecule has 17 heavy (non-hydrogen) atoms. The van der Waals surface area contributed by atoms with Gasteiger partial charge in [-0.1, -0.05) is 17.7 Å². The second-order valence-electron chi connectivity index (χ2n) is 3.56. The van der Waals surface area contributed by atoms with Crippen LogP contribution in [0, 0.1) is 25.2 Å². The Kier molecular flexibility index (Phi) is 3.32. The summed E-state index contributed by atoms with van der Waals surface area (Å²) in [6.07, 6.45) is 0. The number of nitriles is 1. The van der Waals surface area contributed by atoms with Crippen LogP contribution < -0.4 is 5.32 Å². The lowest BCUT2D eigenvalue weighted by molar-refractivity contribution is 1.23. The first-order chi connectivity index (χ1) is 8.11. The van der Waals surface area contributed by atoms with Crippen molar-refractivity contribution in [3.63, 3.8) is 0 Å². The van der Waals surface area contributed by atoms with Crippen molar-refractivity contribution in [3.05, 3.63) is 39.4 Å². The number of nitrogens with zero attached hydrogens (tertiary/aromatic N) is 2. The minimum atomic E-state index is 0.444. The zero-order chi connectivity index (χ0) is 12.4. The molecular weight excluding hydrogens is 254 g/mol. The van der Waals surface area contributed by atoms with Crippen molar-refractivity contribution in [2.75, 3.05) is 5.32 Å². The van der Waals surface area contributed by atoms with Crippen LogP contribution >= 0.6 is 22.9 Å². The van der Waals surface area contributed by atoms with Crippen LogP contribution in [0.5, 0.6) is 0 Å². The van der Waals surface area contributed by atoms with Crippen molar-refractivity contribution in [1.82, 2.24) is 4.98 Å². The van der Waals surface area contributed by atoms with Crippen molar-refractivity contribution in [1.29, 1.82) is 5.26 Å². The van der Waals surface area contributed by atoms with E-state index in [2.05, 4.69) is 16.4 Å². The summed E-state index contributed by atoms with van der Waals surface area (Å²) in [5, 5.41) is 13.4. The Morgan fingerprint density at radius 1 is 1.41 bits per heavy atom. The minimum Gasteiger partial charge on any atom is -0.330 e. The summed E-state index contributed by atoms with van der Waals surface area (Å²) < 4.78 is 0. The van der Waals surface area contributed by atoms with Gasteiger partial charge in [0.05, 0.1) is 22.0 Å². The molecule has 0 aliphatic rings. The van der Waals surface area contributed by atoms with Gasteiger partial charge in [-0.3, -0.25) is 0 Å². The minimum absolute atomic E-state index is 0.444. The zero-order valence-electron chi connectivity index (χ0n) is 9.41. The third-order valence-corrected chi connectivity index (χ3v) is 3.70. The summed E-state index contributed by atoms with van der Waals surface area (Å²) in [4.78, 5) is 5.53. The highest BCUT2D eigenvalue weighted by Crippen LogP contribution is 2.29. The molecule has 0 aliphatic carbocycles. The molecule has 2 rings (SSSR count). The lowest BCUT2D eigenvalue weighted by atomic mass is 10.2. The molecule has 1 aromatic carbocycles. The normalized spacial score (nSPS) is 10.0. The summed E-state index contributed by atoms with van der Waals surface area (Å²) in [6.45, 7) is 3.97. The van der Waals surface area contributed by atoms with Crippen molar-refractivity contribution in [2.24, 2.45) is 0 Å². The number of rotatable bonds is 2. The smallest absolute Gasteiger partial charge is 0.187 e. The van der Waals surface area contributed by atoms with Gasteiger partial charge in [-0.15, -0.1) is 11.3 Å². The number of aryl methyl sites for hydroxylation is 2. The highest BCUT2D eigenvalue weighted by atomic mass is 35.5. The van der Waals surface area contributed by atoms with Crippen molar-refractivity contribution >= 4 is 33.8 Å². The summed E-state index contributed by atoms with van der Waals surface area (Å²) in [7, 11) is 0. The fourth-order valence-corrected chi connectivity index (χ4v) is 2.43. The Morgan fingerprint density at radius 3 is 2.76 bits per heavy atom. The number of hydrogen-bond donors (Lipinski definition) is 1. The molecule has 5 heteroatoms. The number of benzene rings is 1. The van der Waals surface area contributed by atoms with E-state index in [-0.39, 0.29) is 0 Å². The molecule has 1 heterocycles. The van der Waals surface area contributed by atoms with Crippen LogP contribution in [0.2, 0.25) is 5.02 Å². The van der Waals surface area contributed by atoms with Gasteiger partial charge in [0.25, 0.3) is 0 Å². The van der Waals surface area contributed by atoms with Gasteiger partial charge in [0.1, 0.15) is 6.07 Å². The van der Waals surface area contributed by atoms with Crippen LogP contribution in [0.1, 0.15) is 16.1 Å².